The van der Waals surface area contributed by atoms with E-state index in [9.17, 15) is 4.79 Å². The summed E-state index contributed by atoms with van der Waals surface area (Å²) in [6.45, 7) is 7.88. The van der Waals surface area contributed by atoms with Crippen molar-refractivity contribution in [2.45, 2.75) is 34.3 Å². The van der Waals surface area contributed by atoms with E-state index in [1.807, 2.05) is 45.9 Å². The maximum Gasteiger partial charge on any atom is 0.412 e. The molecule has 0 saturated heterocycles. The van der Waals surface area contributed by atoms with Crippen LogP contribution in [0, 0.1) is 13.8 Å². The predicted molar refractivity (Wildman–Crippen MR) is 88.2 cm³/mol. The first-order valence-corrected chi connectivity index (χ1v) is 7.83. The van der Waals surface area contributed by atoms with Gasteiger partial charge in [-0.3, -0.25) is 5.32 Å². The molecule has 0 fully saturated rings. The van der Waals surface area contributed by atoms with E-state index in [4.69, 9.17) is 16.3 Å². The largest absolute Gasteiger partial charge is 0.444 e. The van der Waals surface area contributed by atoms with Crippen LogP contribution in [0.5, 0.6) is 0 Å². The Balaban J connectivity index is 0.00000106. The van der Waals surface area contributed by atoms with Gasteiger partial charge in [0.15, 0.2) is 0 Å². The Bertz CT molecular complexity index is 580. The third-order valence-corrected chi connectivity index (χ3v) is 3.79. The summed E-state index contributed by atoms with van der Waals surface area (Å²) in [6.07, 6.45) is -0.508. The molecule has 4 nitrogen and oxygen atoms in total. The number of carbonyl (C=O) groups excluding carboxylic acids is 1. The average Bonchev–Trinajstić information content (AvgIpc) is 2.80. The van der Waals surface area contributed by atoms with Crippen molar-refractivity contribution in [1.82, 2.24) is 4.37 Å². The molecule has 0 radical (unpaired) electrons. The normalized spacial score (nSPS) is 9.57. The number of ether oxygens (including phenoxy) is 1. The van der Waals surface area contributed by atoms with Gasteiger partial charge in [-0.25, -0.2) is 4.79 Å². The van der Waals surface area contributed by atoms with Crippen LogP contribution in [0.15, 0.2) is 24.3 Å². The zero-order chi connectivity index (χ0) is 15.8. The van der Waals surface area contributed by atoms with Crippen molar-refractivity contribution in [2.24, 2.45) is 0 Å². The SMILES string of the molecule is CC.Cc1nsc(C)c1NC(=O)OCc1ccccc1Cl. The summed E-state index contributed by atoms with van der Waals surface area (Å²) in [7, 11) is 0. The highest BCUT2D eigenvalue weighted by molar-refractivity contribution is 7.06. The van der Waals surface area contributed by atoms with E-state index < -0.39 is 6.09 Å². The third-order valence-electron chi connectivity index (χ3n) is 2.58. The second-order valence-electron chi connectivity index (χ2n) is 3.99. The Morgan fingerprint density at radius 2 is 2.00 bits per heavy atom. The monoisotopic (exact) mass is 326 g/mol. The molecule has 1 aromatic carbocycles. The maximum absolute atomic E-state index is 11.7. The summed E-state index contributed by atoms with van der Waals surface area (Å²) in [5.41, 5.74) is 2.28. The van der Waals surface area contributed by atoms with Gasteiger partial charge in [0, 0.05) is 15.5 Å². The minimum Gasteiger partial charge on any atom is -0.444 e. The zero-order valence-electron chi connectivity index (χ0n) is 12.6. The molecular formula is C15H19ClN2O2S. The fourth-order valence-electron chi connectivity index (χ4n) is 1.56. The number of nitrogens with zero attached hydrogens (tertiary/aromatic N) is 1. The number of benzene rings is 1. The van der Waals surface area contributed by atoms with Crippen LogP contribution in [0.4, 0.5) is 10.5 Å². The van der Waals surface area contributed by atoms with Gasteiger partial charge in [-0.15, -0.1) is 0 Å². The molecule has 1 heterocycles. The fraction of sp³-hybridized carbons (Fsp3) is 0.333. The van der Waals surface area contributed by atoms with Crippen molar-refractivity contribution in [3.05, 3.63) is 45.4 Å². The third kappa shape index (κ3) is 5.02. The lowest BCUT2D eigenvalue weighted by Gasteiger charge is -2.08. The maximum atomic E-state index is 11.7. The van der Waals surface area contributed by atoms with Gasteiger partial charge in [0.25, 0.3) is 0 Å². The van der Waals surface area contributed by atoms with Crippen LogP contribution in [-0.4, -0.2) is 10.5 Å². The average molecular weight is 327 g/mol. The van der Waals surface area contributed by atoms with Gasteiger partial charge in [0.1, 0.15) is 6.61 Å². The molecule has 114 valence electrons. The van der Waals surface area contributed by atoms with E-state index >= 15 is 0 Å². The second-order valence-corrected chi connectivity index (χ2v) is 5.38. The first-order chi connectivity index (χ1) is 10.1. The van der Waals surface area contributed by atoms with Crippen LogP contribution >= 0.6 is 23.1 Å². The lowest BCUT2D eigenvalue weighted by Crippen LogP contribution is -2.14. The van der Waals surface area contributed by atoms with Gasteiger partial charge in [-0.1, -0.05) is 43.6 Å². The van der Waals surface area contributed by atoms with Gasteiger partial charge in [0.05, 0.1) is 11.4 Å². The van der Waals surface area contributed by atoms with E-state index in [2.05, 4.69) is 9.69 Å². The van der Waals surface area contributed by atoms with E-state index in [0.29, 0.717) is 10.7 Å². The Morgan fingerprint density at radius 3 is 2.57 bits per heavy atom. The van der Waals surface area contributed by atoms with Crippen LogP contribution in [0.25, 0.3) is 0 Å². The van der Waals surface area contributed by atoms with Crippen molar-refractivity contribution >= 4 is 34.9 Å². The van der Waals surface area contributed by atoms with Gasteiger partial charge < -0.3 is 4.74 Å². The number of hydrogen-bond donors (Lipinski definition) is 1. The highest BCUT2D eigenvalue weighted by Crippen LogP contribution is 2.23. The molecule has 1 N–H and O–H groups in total. The summed E-state index contributed by atoms with van der Waals surface area (Å²) < 4.78 is 9.29. The summed E-state index contributed by atoms with van der Waals surface area (Å²) in [5, 5.41) is 3.28. The van der Waals surface area contributed by atoms with Crippen molar-refractivity contribution < 1.29 is 9.53 Å². The van der Waals surface area contributed by atoms with Crippen molar-refractivity contribution in [3.63, 3.8) is 0 Å². The number of carbonyl (C=O) groups is 1. The number of aromatic nitrogens is 1. The number of halogens is 1. The van der Waals surface area contributed by atoms with E-state index in [-0.39, 0.29) is 6.61 Å². The number of amides is 1. The quantitative estimate of drug-likeness (QED) is 0.844. The van der Waals surface area contributed by atoms with Crippen LogP contribution in [0.1, 0.15) is 30.0 Å². The lowest BCUT2D eigenvalue weighted by atomic mass is 10.2. The van der Waals surface area contributed by atoms with Gasteiger partial charge in [-0.2, -0.15) is 4.37 Å². The van der Waals surface area contributed by atoms with E-state index in [1.165, 1.54) is 11.5 Å². The molecule has 2 rings (SSSR count). The summed E-state index contributed by atoms with van der Waals surface area (Å²) in [4.78, 5) is 12.7. The minimum atomic E-state index is -0.508. The summed E-state index contributed by atoms with van der Waals surface area (Å²) >= 11 is 7.33. The van der Waals surface area contributed by atoms with Gasteiger partial charge >= 0.3 is 6.09 Å². The van der Waals surface area contributed by atoms with Crippen molar-refractivity contribution in [1.29, 1.82) is 0 Å². The Hall–Kier alpha value is -1.59. The van der Waals surface area contributed by atoms with Crippen LogP contribution in [-0.2, 0) is 11.3 Å². The lowest BCUT2D eigenvalue weighted by molar-refractivity contribution is 0.155. The first-order valence-electron chi connectivity index (χ1n) is 6.68. The molecular weight excluding hydrogens is 308 g/mol. The van der Waals surface area contributed by atoms with Crippen molar-refractivity contribution in [3.8, 4) is 0 Å². The van der Waals surface area contributed by atoms with E-state index in [0.717, 1.165) is 16.1 Å². The Kier molecular flexibility index (Phi) is 7.19. The predicted octanol–water partition coefficient (Wildman–Crippen LogP) is 5.19. The first kappa shape index (κ1) is 17.5. The molecule has 0 aliphatic carbocycles. The molecule has 0 unspecified atom stereocenters. The fourth-order valence-corrected chi connectivity index (χ4v) is 2.40. The van der Waals surface area contributed by atoms with Gasteiger partial charge in [0.2, 0.25) is 0 Å². The number of nitrogens with one attached hydrogen (secondary N) is 1. The minimum absolute atomic E-state index is 0.140. The molecule has 0 spiro atoms. The zero-order valence-corrected chi connectivity index (χ0v) is 14.1. The van der Waals surface area contributed by atoms with Crippen molar-refractivity contribution in [2.75, 3.05) is 5.32 Å². The molecule has 0 atom stereocenters. The van der Waals surface area contributed by atoms with Crippen LogP contribution in [0.3, 0.4) is 0 Å². The number of rotatable bonds is 3. The number of aryl methyl sites for hydroxylation is 2. The second kappa shape index (κ2) is 8.64. The highest BCUT2D eigenvalue weighted by Gasteiger charge is 2.11. The van der Waals surface area contributed by atoms with Gasteiger partial charge in [-0.05, 0) is 31.4 Å². The van der Waals surface area contributed by atoms with E-state index in [1.54, 1.807) is 6.07 Å². The molecule has 0 saturated carbocycles. The molecule has 21 heavy (non-hydrogen) atoms. The molecule has 0 aliphatic heterocycles. The topological polar surface area (TPSA) is 51.2 Å². The highest BCUT2D eigenvalue weighted by atomic mass is 35.5. The molecule has 1 aromatic heterocycles. The molecule has 2 aromatic rings. The molecule has 6 heteroatoms. The molecule has 0 bridgehead atoms. The molecule has 1 amide bonds. The smallest absolute Gasteiger partial charge is 0.412 e. The van der Waals surface area contributed by atoms with Crippen LogP contribution in [0.2, 0.25) is 5.02 Å². The summed E-state index contributed by atoms with van der Waals surface area (Å²) in [5.74, 6) is 0. The Morgan fingerprint density at radius 1 is 1.33 bits per heavy atom. The van der Waals surface area contributed by atoms with Crippen LogP contribution < -0.4 is 5.32 Å². The summed E-state index contributed by atoms with van der Waals surface area (Å²) in [6, 6.07) is 7.25. The molecule has 0 aliphatic rings. The standard InChI is InChI=1S/C13H13ClN2O2S.C2H6/c1-8-12(9(2)19-16-8)15-13(17)18-7-10-5-3-4-6-11(10)14;1-2/h3-6H,7H2,1-2H3,(H,15,17);1-2H3. The Labute approximate surface area is 134 Å². The number of anilines is 1. The number of hydrogen-bond acceptors (Lipinski definition) is 4.